The van der Waals surface area contributed by atoms with Crippen LogP contribution in [-0.2, 0) is 0 Å². The summed E-state index contributed by atoms with van der Waals surface area (Å²) in [7, 11) is 0. The maximum atomic E-state index is 12.8. The van der Waals surface area contributed by atoms with Gasteiger partial charge in [-0.05, 0) is 47.0 Å². The monoisotopic (exact) mass is 377 g/mol. The quantitative estimate of drug-likeness (QED) is 0.456. The molecular weight excluding hydrogens is 350 g/mol. The van der Waals surface area contributed by atoms with Crippen molar-refractivity contribution in [3.8, 4) is 0 Å². The highest BCUT2D eigenvalue weighted by Crippen LogP contribution is 2.21. The van der Waals surface area contributed by atoms with Crippen LogP contribution in [0.25, 0.3) is 11.0 Å². The lowest BCUT2D eigenvalue weighted by atomic mass is 10.1. The van der Waals surface area contributed by atoms with Crippen molar-refractivity contribution in [1.29, 1.82) is 0 Å². The van der Waals surface area contributed by atoms with E-state index < -0.39 is 5.60 Å². The summed E-state index contributed by atoms with van der Waals surface area (Å²) in [6.07, 6.45) is 8.86. The molecule has 2 rings (SSSR count). The number of nitrogens with two attached hydrogens (primary N) is 1. The highest BCUT2D eigenvalue weighted by atomic mass is 32.2. The molecule has 1 atom stereocenters. The fourth-order valence-corrected chi connectivity index (χ4v) is 2.92. The predicted molar refractivity (Wildman–Crippen MR) is 106 cm³/mol. The Hall–Kier alpha value is -2.06. The molecule has 0 aliphatic carbocycles. The first-order valence-corrected chi connectivity index (χ1v) is 9.71. The van der Waals surface area contributed by atoms with Gasteiger partial charge in [-0.15, -0.1) is 0 Å². The molecule has 2 heterocycles. The van der Waals surface area contributed by atoms with Gasteiger partial charge in [-0.2, -0.15) is 0 Å². The fraction of sp³-hybridized carbons (Fsp3) is 0.500. The number of fused-ring (bicyclic) bond motifs is 1. The third-order valence-corrected chi connectivity index (χ3v) is 4.63. The lowest BCUT2D eigenvalue weighted by molar-refractivity contribution is 0.118. The minimum Gasteiger partial charge on any atom is -0.400 e. The first-order chi connectivity index (χ1) is 12.1. The van der Waals surface area contributed by atoms with Gasteiger partial charge in [-0.25, -0.2) is 14.6 Å². The molecule has 8 heteroatoms. The maximum absolute atomic E-state index is 12.8. The summed E-state index contributed by atoms with van der Waals surface area (Å²) in [5, 5.41) is 11.0. The number of hydrogen-bond acceptors (Lipinski definition) is 6. The number of thioether (sulfide) groups is 1. The molecule has 0 aliphatic heterocycles. The molecule has 2 aromatic rings. The van der Waals surface area contributed by atoms with E-state index in [4.69, 9.17) is 5.73 Å². The van der Waals surface area contributed by atoms with Crippen molar-refractivity contribution < 1.29 is 5.11 Å². The van der Waals surface area contributed by atoms with E-state index in [1.807, 2.05) is 37.8 Å². The smallest absolute Gasteiger partial charge is 0.278 e. The lowest BCUT2D eigenvalue weighted by Crippen LogP contribution is -2.27. The molecule has 26 heavy (non-hydrogen) atoms. The summed E-state index contributed by atoms with van der Waals surface area (Å²) in [6, 6.07) is -0.166. The van der Waals surface area contributed by atoms with Crippen LogP contribution in [0.4, 0.5) is 0 Å². The highest BCUT2D eigenvalue weighted by molar-refractivity contribution is 7.98. The van der Waals surface area contributed by atoms with Crippen LogP contribution in [0.15, 0.2) is 40.1 Å². The van der Waals surface area contributed by atoms with Crippen molar-refractivity contribution in [3.05, 3.63) is 40.5 Å². The van der Waals surface area contributed by atoms with Crippen LogP contribution < -0.4 is 11.3 Å². The number of aromatic nitrogens is 4. The molecule has 0 radical (unpaired) electrons. The van der Waals surface area contributed by atoms with Crippen LogP contribution in [0, 0.1) is 0 Å². The standard InChI is InChI=1S/C18H27N5O2S/c1-11(2)22-16(24)13-10-20-17(26-6)21-15(13)23(22)12(3)8-7-9-14(19)18(4,5)25/h7-12,25H,19H2,1-6H3/b8-7-,14-9-. The molecule has 0 spiro atoms. The van der Waals surface area contributed by atoms with Gasteiger partial charge in [0, 0.05) is 17.9 Å². The number of rotatable bonds is 6. The van der Waals surface area contributed by atoms with E-state index in [-0.39, 0.29) is 17.6 Å². The van der Waals surface area contributed by atoms with E-state index in [1.165, 1.54) is 11.8 Å². The summed E-state index contributed by atoms with van der Waals surface area (Å²) in [4.78, 5) is 21.5. The molecule has 1 unspecified atom stereocenters. The summed E-state index contributed by atoms with van der Waals surface area (Å²) >= 11 is 1.43. The van der Waals surface area contributed by atoms with Crippen molar-refractivity contribution in [3.63, 3.8) is 0 Å². The first-order valence-electron chi connectivity index (χ1n) is 8.48. The summed E-state index contributed by atoms with van der Waals surface area (Å²) < 4.78 is 3.58. The van der Waals surface area contributed by atoms with Crippen molar-refractivity contribution in [1.82, 2.24) is 19.3 Å². The van der Waals surface area contributed by atoms with E-state index in [0.717, 1.165) is 0 Å². The second kappa shape index (κ2) is 7.67. The van der Waals surface area contributed by atoms with Crippen molar-refractivity contribution in [2.75, 3.05) is 6.26 Å². The van der Waals surface area contributed by atoms with Crippen molar-refractivity contribution in [2.24, 2.45) is 5.73 Å². The molecule has 0 aromatic carbocycles. The van der Waals surface area contributed by atoms with Crippen LogP contribution >= 0.6 is 11.8 Å². The molecule has 7 nitrogen and oxygen atoms in total. The fourth-order valence-electron chi connectivity index (χ4n) is 2.58. The Balaban J connectivity index is 2.56. The van der Waals surface area contributed by atoms with Crippen LogP contribution in [0.5, 0.6) is 0 Å². The van der Waals surface area contributed by atoms with Gasteiger partial charge >= 0.3 is 0 Å². The van der Waals surface area contributed by atoms with Gasteiger partial charge in [0.25, 0.3) is 5.56 Å². The number of allylic oxidation sites excluding steroid dienone is 3. The third kappa shape index (κ3) is 4.02. The van der Waals surface area contributed by atoms with Crippen LogP contribution in [0.2, 0.25) is 0 Å². The lowest BCUT2D eigenvalue weighted by Gasteiger charge is -2.19. The Morgan fingerprint density at radius 3 is 2.54 bits per heavy atom. The average molecular weight is 378 g/mol. The van der Waals surface area contributed by atoms with E-state index in [9.17, 15) is 9.90 Å². The normalized spacial score (nSPS) is 14.7. The number of hydrogen-bond donors (Lipinski definition) is 2. The van der Waals surface area contributed by atoms with E-state index in [1.54, 1.807) is 36.9 Å². The Morgan fingerprint density at radius 2 is 2.00 bits per heavy atom. The molecule has 0 aliphatic rings. The van der Waals surface area contributed by atoms with Crippen molar-refractivity contribution >= 4 is 22.8 Å². The molecule has 0 amide bonds. The molecule has 3 N–H and O–H groups in total. The highest BCUT2D eigenvalue weighted by Gasteiger charge is 2.20. The minimum absolute atomic E-state index is 0.0257. The van der Waals surface area contributed by atoms with Crippen LogP contribution in [0.1, 0.15) is 46.7 Å². The first kappa shape index (κ1) is 20.3. The molecule has 0 saturated heterocycles. The molecule has 142 valence electrons. The molecule has 0 saturated carbocycles. The third-order valence-electron chi connectivity index (χ3n) is 4.06. The largest absolute Gasteiger partial charge is 0.400 e. The molecule has 0 bridgehead atoms. The summed E-state index contributed by atoms with van der Waals surface area (Å²) in [5.74, 6) is 0. The Morgan fingerprint density at radius 1 is 1.35 bits per heavy atom. The van der Waals surface area contributed by atoms with Crippen molar-refractivity contribution in [2.45, 2.75) is 57.5 Å². The topological polar surface area (TPSA) is 99.0 Å². The van der Waals surface area contributed by atoms with Crippen LogP contribution in [-0.4, -0.2) is 36.3 Å². The minimum atomic E-state index is -1.08. The molecule has 2 aromatic heterocycles. The average Bonchev–Trinajstić information content (AvgIpc) is 2.86. The SMILES string of the molecule is CSc1ncc2c(=O)n(C(C)C)n(C(C)/C=C\C=C(/N)C(C)(C)O)c2n1. The predicted octanol–water partition coefficient (Wildman–Crippen LogP) is 2.63. The summed E-state index contributed by atoms with van der Waals surface area (Å²) in [6.45, 7) is 9.16. The van der Waals surface area contributed by atoms with Gasteiger partial charge in [-0.1, -0.05) is 23.9 Å². The van der Waals surface area contributed by atoms with Gasteiger partial charge in [0.1, 0.15) is 5.39 Å². The van der Waals surface area contributed by atoms with E-state index in [0.29, 0.717) is 21.9 Å². The second-order valence-electron chi connectivity index (χ2n) is 6.99. The Kier molecular flexibility index (Phi) is 5.98. The zero-order chi connectivity index (χ0) is 19.6. The van der Waals surface area contributed by atoms with Gasteiger partial charge in [0.05, 0.1) is 11.6 Å². The Labute approximate surface area is 157 Å². The van der Waals surface area contributed by atoms with Gasteiger partial charge < -0.3 is 10.8 Å². The molecular formula is C18H27N5O2S. The van der Waals surface area contributed by atoms with Crippen LogP contribution in [0.3, 0.4) is 0 Å². The van der Waals surface area contributed by atoms with E-state index in [2.05, 4.69) is 9.97 Å². The number of aliphatic hydroxyl groups is 1. The summed E-state index contributed by atoms with van der Waals surface area (Å²) in [5.41, 5.74) is 5.66. The number of nitrogens with zero attached hydrogens (tertiary/aromatic N) is 4. The van der Waals surface area contributed by atoms with E-state index >= 15 is 0 Å². The Bertz CT molecular complexity index is 903. The zero-order valence-electron chi connectivity index (χ0n) is 16.1. The van der Waals surface area contributed by atoms with Gasteiger partial charge in [-0.3, -0.25) is 9.48 Å². The molecule has 0 fully saturated rings. The van der Waals surface area contributed by atoms with Gasteiger partial charge in [0.15, 0.2) is 10.8 Å². The second-order valence-corrected chi connectivity index (χ2v) is 7.76. The maximum Gasteiger partial charge on any atom is 0.278 e. The zero-order valence-corrected chi connectivity index (χ0v) is 16.9. The van der Waals surface area contributed by atoms with Gasteiger partial charge in [0.2, 0.25) is 0 Å².